The largest absolute Gasteiger partial charge is 0.391 e. The molecule has 4 heteroatoms. The Bertz CT molecular complexity index is 377. The van der Waals surface area contributed by atoms with E-state index in [0.29, 0.717) is 0 Å². The molecule has 0 aliphatic heterocycles. The summed E-state index contributed by atoms with van der Waals surface area (Å²) in [7, 11) is 2.03. The second-order valence-electron chi connectivity index (χ2n) is 5.26. The van der Waals surface area contributed by atoms with Crippen LogP contribution in [-0.4, -0.2) is 29.3 Å². The lowest BCUT2D eigenvalue weighted by atomic mass is 9.91. The molecule has 1 aliphatic carbocycles. The van der Waals surface area contributed by atoms with E-state index < -0.39 is 0 Å². The van der Waals surface area contributed by atoms with Crippen molar-refractivity contribution in [3.63, 3.8) is 0 Å². The number of hydrogen-bond acceptors (Lipinski definition) is 4. The summed E-state index contributed by atoms with van der Waals surface area (Å²) in [5.41, 5.74) is 7.73. The Morgan fingerprint density at radius 2 is 2.11 bits per heavy atom. The Labute approximate surface area is 109 Å². The molecule has 3 unspecified atom stereocenters. The van der Waals surface area contributed by atoms with Gasteiger partial charge in [0.1, 0.15) is 0 Å². The Morgan fingerprint density at radius 3 is 2.67 bits per heavy atom. The second kappa shape index (κ2) is 5.67. The van der Waals surface area contributed by atoms with Crippen LogP contribution in [0.1, 0.15) is 44.3 Å². The van der Waals surface area contributed by atoms with Crippen molar-refractivity contribution >= 4 is 5.69 Å². The number of rotatable bonds is 3. The van der Waals surface area contributed by atoms with Crippen molar-refractivity contribution in [2.75, 3.05) is 11.9 Å². The lowest BCUT2D eigenvalue weighted by Gasteiger charge is -2.36. The number of aliphatic hydroxyl groups excluding tert-OH is 1. The molecule has 3 N–H and O–H groups in total. The van der Waals surface area contributed by atoms with Crippen LogP contribution in [0, 0.1) is 0 Å². The van der Waals surface area contributed by atoms with Crippen molar-refractivity contribution < 1.29 is 5.11 Å². The van der Waals surface area contributed by atoms with E-state index in [-0.39, 0.29) is 18.2 Å². The first-order chi connectivity index (χ1) is 8.59. The summed E-state index contributed by atoms with van der Waals surface area (Å²) >= 11 is 0. The van der Waals surface area contributed by atoms with Crippen LogP contribution in [0.2, 0.25) is 0 Å². The molecule has 1 heterocycles. The molecule has 1 fully saturated rings. The van der Waals surface area contributed by atoms with Gasteiger partial charge in [0.15, 0.2) is 0 Å². The van der Waals surface area contributed by atoms with Gasteiger partial charge >= 0.3 is 0 Å². The summed E-state index contributed by atoms with van der Waals surface area (Å²) in [5, 5.41) is 10.1. The van der Waals surface area contributed by atoms with Crippen molar-refractivity contribution in [1.29, 1.82) is 0 Å². The van der Waals surface area contributed by atoms with Crippen LogP contribution < -0.4 is 10.6 Å². The zero-order valence-corrected chi connectivity index (χ0v) is 11.2. The SMILES string of the molecule is CC(N)c1ccc(N(C)C2CCCCC2O)cn1. The van der Waals surface area contributed by atoms with E-state index in [4.69, 9.17) is 5.73 Å². The maximum absolute atomic E-state index is 10.1. The molecule has 0 bridgehead atoms. The Hall–Kier alpha value is -1.13. The fourth-order valence-corrected chi connectivity index (χ4v) is 2.61. The quantitative estimate of drug-likeness (QED) is 0.858. The molecule has 0 amide bonds. The minimum atomic E-state index is -0.225. The molecule has 1 aromatic heterocycles. The summed E-state index contributed by atoms with van der Waals surface area (Å²) in [4.78, 5) is 6.51. The molecule has 1 aromatic rings. The molecule has 3 atom stereocenters. The number of nitrogens with zero attached hydrogens (tertiary/aromatic N) is 2. The fourth-order valence-electron chi connectivity index (χ4n) is 2.61. The van der Waals surface area contributed by atoms with Gasteiger partial charge in [-0.05, 0) is 31.9 Å². The molecular weight excluding hydrogens is 226 g/mol. The van der Waals surface area contributed by atoms with Crippen molar-refractivity contribution in [1.82, 2.24) is 4.98 Å². The van der Waals surface area contributed by atoms with Gasteiger partial charge in [-0.15, -0.1) is 0 Å². The number of hydrogen-bond donors (Lipinski definition) is 2. The van der Waals surface area contributed by atoms with Crippen LogP contribution in [0.25, 0.3) is 0 Å². The number of pyridine rings is 1. The highest BCUT2D eigenvalue weighted by Gasteiger charge is 2.26. The number of likely N-dealkylation sites (N-methyl/N-ethyl adjacent to an activating group) is 1. The Balaban J connectivity index is 2.10. The fraction of sp³-hybridized carbons (Fsp3) is 0.643. The average Bonchev–Trinajstić information content (AvgIpc) is 2.38. The highest BCUT2D eigenvalue weighted by Crippen LogP contribution is 2.26. The van der Waals surface area contributed by atoms with Crippen LogP contribution in [0.3, 0.4) is 0 Å². The molecule has 1 saturated carbocycles. The van der Waals surface area contributed by atoms with Crippen LogP contribution in [0.5, 0.6) is 0 Å². The van der Waals surface area contributed by atoms with Gasteiger partial charge in [0.05, 0.1) is 29.7 Å². The summed E-state index contributed by atoms with van der Waals surface area (Å²) in [6.45, 7) is 1.93. The van der Waals surface area contributed by atoms with Crippen LogP contribution in [-0.2, 0) is 0 Å². The third-order valence-electron chi connectivity index (χ3n) is 3.84. The van der Waals surface area contributed by atoms with Gasteiger partial charge < -0.3 is 15.7 Å². The monoisotopic (exact) mass is 249 g/mol. The molecule has 2 rings (SSSR count). The molecule has 0 saturated heterocycles. The highest BCUT2D eigenvalue weighted by molar-refractivity contribution is 5.45. The van der Waals surface area contributed by atoms with Crippen molar-refractivity contribution in [2.45, 2.75) is 50.8 Å². The molecule has 0 spiro atoms. The molecule has 0 radical (unpaired) electrons. The van der Waals surface area contributed by atoms with Crippen molar-refractivity contribution in [3.8, 4) is 0 Å². The van der Waals surface area contributed by atoms with Crippen LogP contribution >= 0.6 is 0 Å². The smallest absolute Gasteiger partial charge is 0.0743 e. The maximum Gasteiger partial charge on any atom is 0.0743 e. The highest BCUT2D eigenvalue weighted by atomic mass is 16.3. The van der Waals surface area contributed by atoms with E-state index >= 15 is 0 Å². The maximum atomic E-state index is 10.1. The summed E-state index contributed by atoms with van der Waals surface area (Å²) < 4.78 is 0. The lowest BCUT2D eigenvalue weighted by molar-refractivity contribution is 0.106. The van der Waals surface area contributed by atoms with E-state index in [0.717, 1.165) is 30.6 Å². The topological polar surface area (TPSA) is 62.4 Å². The van der Waals surface area contributed by atoms with Crippen LogP contribution in [0.4, 0.5) is 5.69 Å². The molecule has 4 nitrogen and oxygen atoms in total. The molecule has 100 valence electrons. The van der Waals surface area contributed by atoms with Gasteiger partial charge in [-0.1, -0.05) is 12.8 Å². The van der Waals surface area contributed by atoms with Gasteiger partial charge in [-0.3, -0.25) is 4.98 Å². The summed E-state index contributed by atoms with van der Waals surface area (Å²) in [6, 6.07) is 4.17. The van der Waals surface area contributed by atoms with Gasteiger partial charge in [-0.2, -0.15) is 0 Å². The van der Waals surface area contributed by atoms with Crippen molar-refractivity contribution in [2.24, 2.45) is 5.73 Å². The average molecular weight is 249 g/mol. The zero-order valence-electron chi connectivity index (χ0n) is 11.2. The van der Waals surface area contributed by atoms with E-state index in [1.54, 1.807) is 0 Å². The first-order valence-electron chi connectivity index (χ1n) is 6.72. The standard InChI is InChI=1S/C14H23N3O/c1-10(15)12-8-7-11(9-16-12)17(2)13-5-3-4-6-14(13)18/h7-10,13-14,18H,3-6,15H2,1-2H3. The molecule has 0 aromatic carbocycles. The summed E-state index contributed by atoms with van der Waals surface area (Å²) in [5.74, 6) is 0. The van der Waals surface area contributed by atoms with Crippen LogP contribution in [0.15, 0.2) is 18.3 Å². The van der Waals surface area contributed by atoms with E-state index in [1.165, 1.54) is 6.42 Å². The van der Waals surface area contributed by atoms with Gasteiger partial charge in [0.2, 0.25) is 0 Å². The Morgan fingerprint density at radius 1 is 1.39 bits per heavy atom. The molecular formula is C14H23N3O. The number of anilines is 1. The third-order valence-corrected chi connectivity index (χ3v) is 3.84. The van der Waals surface area contributed by atoms with Crippen molar-refractivity contribution in [3.05, 3.63) is 24.0 Å². The minimum absolute atomic E-state index is 0.0374. The zero-order chi connectivity index (χ0) is 13.1. The third kappa shape index (κ3) is 2.82. The Kier molecular flexibility index (Phi) is 4.19. The number of aliphatic hydroxyl groups is 1. The predicted molar refractivity (Wildman–Crippen MR) is 73.5 cm³/mol. The van der Waals surface area contributed by atoms with Gasteiger partial charge in [0, 0.05) is 13.1 Å². The van der Waals surface area contributed by atoms with E-state index in [2.05, 4.69) is 9.88 Å². The first-order valence-corrected chi connectivity index (χ1v) is 6.72. The van der Waals surface area contributed by atoms with Gasteiger partial charge in [0.25, 0.3) is 0 Å². The minimum Gasteiger partial charge on any atom is -0.391 e. The lowest BCUT2D eigenvalue weighted by Crippen LogP contribution is -2.43. The normalized spacial score (nSPS) is 25.8. The first kappa shape index (κ1) is 13.3. The second-order valence-corrected chi connectivity index (χ2v) is 5.26. The predicted octanol–water partition coefficient (Wildman–Crippen LogP) is 1.84. The van der Waals surface area contributed by atoms with E-state index in [9.17, 15) is 5.11 Å². The molecule has 1 aliphatic rings. The van der Waals surface area contributed by atoms with E-state index in [1.807, 2.05) is 32.3 Å². The summed E-state index contributed by atoms with van der Waals surface area (Å²) in [6.07, 6.45) is 5.90. The number of aromatic nitrogens is 1. The molecule has 18 heavy (non-hydrogen) atoms. The number of nitrogens with two attached hydrogens (primary N) is 1. The van der Waals surface area contributed by atoms with Gasteiger partial charge in [-0.25, -0.2) is 0 Å².